The highest BCUT2D eigenvalue weighted by Gasteiger charge is 2.59. The summed E-state index contributed by atoms with van der Waals surface area (Å²) in [6, 6.07) is 23.5. The fourth-order valence-electron chi connectivity index (χ4n) is 11.4. The molecule has 434 valence electrons. The lowest BCUT2D eigenvalue weighted by Gasteiger charge is -2.56. The second kappa shape index (κ2) is 28.7. The standard InChI is InChI=1S/C60H77N9O10S2/c1-39(2)32-59(4)37-60(33-44(31-51(59)60)77-28-25-67(6)27-30-81-76)38-63-40(3)48(34-61)46-18-20-52(65-54(46)56(73)74)69-23-21-45-49(35-69)47(55(72)66-57(80-7)64-43-11-9-8-10-12-43)17-19-50(45)78-29-26-68(24-22-53(70)71)58(75)79-36-41-13-15-42(62-5)16-14-41/h8-20,31,34,39,44,62,76H,21-30,32-33,35-38,61H2,1-7H3,(H,70,71)(H,73,74)(H,64,66,72). The van der Waals surface area contributed by atoms with Crippen molar-refractivity contribution in [3.8, 4) is 5.75 Å². The van der Waals surface area contributed by atoms with Crippen LogP contribution in [-0.2, 0) is 33.8 Å². The minimum Gasteiger partial charge on any atom is -0.491 e. The molecule has 0 bridgehead atoms. The number of aliphatic carboxylic acids is 1. The minimum absolute atomic E-state index is 0.0101. The number of carbonyl (C=O) groups is 4. The van der Waals surface area contributed by atoms with Crippen LogP contribution < -0.4 is 26.0 Å². The van der Waals surface area contributed by atoms with Crippen LogP contribution in [0.2, 0.25) is 0 Å². The lowest BCUT2D eigenvalue weighted by Crippen LogP contribution is -2.48. The number of para-hydroxylation sites is 1. The van der Waals surface area contributed by atoms with E-state index in [2.05, 4.69) is 47.4 Å². The van der Waals surface area contributed by atoms with E-state index in [4.69, 9.17) is 29.9 Å². The zero-order valence-electron chi connectivity index (χ0n) is 47.4. The number of carboxylic acids is 2. The van der Waals surface area contributed by atoms with Crippen LogP contribution in [0.1, 0.15) is 96.5 Å². The number of nitrogens with two attached hydrogens (primary N) is 1. The molecule has 0 saturated heterocycles. The van der Waals surface area contributed by atoms with Gasteiger partial charge in [-0.3, -0.25) is 14.6 Å². The zero-order valence-corrected chi connectivity index (χ0v) is 49.0. The number of benzene rings is 3. The van der Waals surface area contributed by atoms with E-state index in [1.54, 1.807) is 31.3 Å². The number of anilines is 2. The number of aromatic carboxylic acids is 1. The molecule has 3 atom stereocenters. The highest BCUT2D eigenvalue weighted by Crippen LogP contribution is 2.67. The van der Waals surface area contributed by atoms with Crippen molar-refractivity contribution in [1.29, 1.82) is 0 Å². The molecule has 3 aromatic carbocycles. The van der Waals surface area contributed by atoms with Crippen molar-refractivity contribution in [3.05, 3.63) is 130 Å². The Hall–Kier alpha value is -6.91. The summed E-state index contributed by atoms with van der Waals surface area (Å²) in [5.74, 6) is -0.762. The molecule has 2 heterocycles. The first-order valence-electron chi connectivity index (χ1n) is 27.3. The van der Waals surface area contributed by atoms with Crippen molar-refractivity contribution in [1.82, 2.24) is 20.1 Å². The Morgan fingerprint density at radius 2 is 1.73 bits per heavy atom. The number of thioether (sulfide) groups is 1. The van der Waals surface area contributed by atoms with Gasteiger partial charge in [0.1, 0.15) is 24.8 Å². The summed E-state index contributed by atoms with van der Waals surface area (Å²) < 4.78 is 27.6. The van der Waals surface area contributed by atoms with Gasteiger partial charge in [-0.25, -0.2) is 19.6 Å². The molecular formula is C60H77N9O10S2. The number of ether oxygens (including phenoxy) is 3. The van der Waals surface area contributed by atoms with Gasteiger partial charge in [-0.15, -0.1) is 0 Å². The molecule has 0 radical (unpaired) electrons. The maximum atomic E-state index is 14.3. The largest absolute Gasteiger partial charge is 0.491 e. The Morgan fingerprint density at radius 1 is 0.975 bits per heavy atom. The van der Waals surface area contributed by atoms with Gasteiger partial charge in [0.2, 0.25) is 0 Å². The van der Waals surface area contributed by atoms with Crippen molar-refractivity contribution < 1.29 is 48.2 Å². The number of fused-ring (bicyclic) bond motifs is 2. The SMILES string of the molecule is CNc1ccc(COC(=O)N(CCOc2ccc(C(=O)NC(=Nc3ccccc3)SC)c3c2CCN(c2ccc(C(=CN)C(C)=NCC45CC(OCCN(C)CCSO)C=C4C(C)(CC(C)C)C5)c(C(=O)O)n2)C3)CCC(=O)O)cc1. The van der Waals surface area contributed by atoms with Gasteiger partial charge in [0, 0.05) is 97.3 Å². The summed E-state index contributed by atoms with van der Waals surface area (Å²) in [4.78, 5) is 72.4. The topological polar surface area (TPSA) is 254 Å². The Bertz CT molecular complexity index is 2990. The van der Waals surface area contributed by atoms with Crippen molar-refractivity contribution in [3.63, 3.8) is 0 Å². The van der Waals surface area contributed by atoms with Gasteiger partial charge in [0.05, 0.1) is 31.4 Å². The molecule has 3 aliphatic rings. The number of rotatable bonds is 27. The molecule has 2 aliphatic carbocycles. The number of nitrogens with one attached hydrogen (secondary N) is 2. The van der Waals surface area contributed by atoms with Gasteiger partial charge in [-0.05, 0) is 129 Å². The molecule has 81 heavy (non-hydrogen) atoms. The fourth-order valence-corrected chi connectivity index (χ4v) is 12.2. The van der Waals surface area contributed by atoms with Crippen molar-refractivity contribution >= 4 is 81.4 Å². The maximum Gasteiger partial charge on any atom is 0.410 e. The molecule has 7 rings (SSSR count). The number of allylic oxidation sites excluding steroid dienone is 1. The zero-order chi connectivity index (χ0) is 58.3. The molecule has 1 aromatic heterocycles. The molecule has 2 amide bonds. The van der Waals surface area contributed by atoms with Crippen LogP contribution in [-0.4, -0.2) is 149 Å². The number of nitrogens with zero attached hydrogens (tertiary/aromatic N) is 6. The predicted octanol–water partition coefficient (Wildman–Crippen LogP) is 9.71. The molecule has 0 spiro atoms. The monoisotopic (exact) mass is 1150 g/mol. The third-order valence-corrected chi connectivity index (χ3v) is 16.0. The van der Waals surface area contributed by atoms with Crippen LogP contribution in [0.3, 0.4) is 0 Å². The molecule has 1 aliphatic heterocycles. The van der Waals surface area contributed by atoms with E-state index in [1.165, 1.54) is 28.4 Å². The van der Waals surface area contributed by atoms with Crippen molar-refractivity contribution in [2.45, 2.75) is 79.1 Å². The van der Waals surface area contributed by atoms with Crippen LogP contribution in [0.15, 0.2) is 107 Å². The van der Waals surface area contributed by atoms with Gasteiger partial charge >= 0.3 is 18.0 Å². The molecule has 19 nitrogen and oxygen atoms in total. The summed E-state index contributed by atoms with van der Waals surface area (Å²) in [7, 11) is 3.82. The van der Waals surface area contributed by atoms with E-state index in [0.717, 1.165) is 61.2 Å². The van der Waals surface area contributed by atoms with Gasteiger partial charge in [0.15, 0.2) is 10.9 Å². The normalized spacial score (nSPS) is 18.9. The first-order valence-corrected chi connectivity index (χ1v) is 29.5. The molecule has 3 unspecified atom stereocenters. The number of aliphatic imine (C=N–C) groups is 2. The first kappa shape index (κ1) is 61.7. The number of pyridine rings is 1. The predicted molar refractivity (Wildman–Crippen MR) is 322 cm³/mol. The smallest absolute Gasteiger partial charge is 0.410 e. The van der Waals surface area contributed by atoms with Gasteiger partial charge < -0.3 is 60.0 Å². The summed E-state index contributed by atoms with van der Waals surface area (Å²) >= 11 is 2.12. The Balaban J connectivity index is 1.11. The number of carbonyl (C=O) groups excluding carboxylic acids is 2. The molecular weight excluding hydrogens is 1070 g/mol. The Morgan fingerprint density at radius 3 is 2.41 bits per heavy atom. The number of carboxylic acid groups (broad SMARTS) is 2. The fraction of sp³-hybridized carbons (Fsp3) is 0.450. The van der Waals surface area contributed by atoms with E-state index >= 15 is 0 Å². The summed E-state index contributed by atoms with van der Waals surface area (Å²) in [5.41, 5.74) is 12.7. The van der Waals surface area contributed by atoms with Crippen LogP contribution in [0.4, 0.5) is 22.0 Å². The summed E-state index contributed by atoms with van der Waals surface area (Å²) in [6.07, 6.45) is 7.64. The van der Waals surface area contributed by atoms with Gasteiger partial charge in [-0.1, -0.05) is 74.5 Å². The lowest BCUT2D eigenvalue weighted by atomic mass is 9.49. The quantitative estimate of drug-likeness (QED) is 0.0141. The number of hydrogen-bond acceptors (Lipinski definition) is 17. The first-order chi connectivity index (χ1) is 38.9. The van der Waals surface area contributed by atoms with Crippen molar-refractivity contribution in [2.24, 2.45) is 32.5 Å². The molecule has 1 fully saturated rings. The minimum atomic E-state index is -1.25. The summed E-state index contributed by atoms with van der Waals surface area (Å²) in [6.45, 7) is 11.6. The van der Waals surface area contributed by atoms with E-state index < -0.39 is 23.9 Å². The Labute approximate surface area is 483 Å². The van der Waals surface area contributed by atoms with Gasteiger partial charge in [0.25, 0.3) is 5.91 Å². The molecule has 7 N–H and O–H groups in total. The second-order valence-electron chi connectivity index (χ2n) is 21.4. The molecule has 21 heteroatoms. The number of aromatic nitrogens is 1. The maximum absolute atomic E-state index is 14.3. The average molecular weight is 1150 g/mol. The van der Waals surface area contributed by atoms with Crippen LogP contribution in [0.25, 0.3) is 5.57 Å². The molecule has 4 aromatic rings. The lowest BCUT2D eigenvalue weighted by molar-refractivity contribution is -0.137. The van der Waals surface area contributed by atoms with E-state index in [0.29, 0.717) is 88.2 Å². The highest BCUT2D eigenvalue weighted by atomic mass is 32.2. The number of amidine groups is 1. The number of likely N-dealkylation sites (N-methyl/N-ethyl adjacent to an activating group) is 1. The van der Waals surface area contributed by atoms with E-state index in [9.17, 15) is 33.9 Å². The van der Waals surface area contributed by atoms with E-state index in [-0.39, 0.29) is 61.9 Å². The summed E-state index contributed by atoms with van der Waals surface area (Å²) in [5, 5.41) is 26.7. The van der Waals surface area contributed by atoms with Crippen LogP contribution in [0, 0.1) is 16.7 Å². The second-order valence-corrected chi connectivity index (χ2v) is 22.9. The average Bonchev–Trinajstić information content (AvgIpc) is 4.06. The third-order valence-electron chi connectivity index (χ3n) is 15.1. The van der Waals surface area contributed by atoms with Gasteiger partial charge in [-0.2, -0.15) is 0 Å². The van der Waals surface area contributed by atoms with Crippen molar-refractivity contribution in [2.75, 3.05) is 88.8 Å². The Kier molecular flexibility index (Phi) is 21.8. The number of amides is 2. The third kappa shape index (κ3) is 16.0. The number of hydrogen-bond donors (Lipinski definition) is 6. The highest BCUT2D eigenvalue weighted by molar-refractivity contribution is 8.13. The van der Waals surface area contributed by atoms with Crippen LogP contribution in [0.5, 0.6) is 5.75 Å². The van der Waals surface area contributed by atoms with E-state index in [1.807, 2.05) is 79.7 Å². The van der Waals surface area contributed by atoms with Crippen LogP contribution >= 0.6 is 23.8 Å². The molecule has 1 saturated carbocycles.